The molecule has 0 spiro atoms. The molecule has 150 valence electrons. The van der Waals surface area contributed by atoms with E-state index in [4.69, 9.17) is 0 Å². The second-order valence-corrected chi connectivity index (χ2v) is 6.35. The molecule has 1 aromatic carbocycles. The van der Waals surface area contributed by atoms with Gasteiger partial charge in [-0.15, -0.1) is 10.2 Å². The molecule has 1 saturated heterocycles. The summed E-state index contributed by atoms with van der Waals surface area (Å²) in [5.41, 5.74) is -2.77. The topological polar surface area (TPSA) is 86.6 Å². The number of phenols is 1. The molecule has 11 heteroatoms. The Kier molecular flexibility index (Phi) is 4.96. The third kappa shape index (κ3) is 3.61. The summed E-state index contributed by atoms with van der Waals surface area (Å²) in [6.07, 6.45) is -8.98. The number of amides is 1. The molecule has 0 bridgehead atoms. The Balaban J connectivity index is 2.11. The molecule has 3 rings (SSSR count). The van der Waals surface area contributed by atoms with Crippen LogP contribution in [0.3, 0.4) is 0 Å². The summed E-state index contributed by atoms with van der Waals surface area (Å²) in [6.45, 7) is 1.08. The van der Waals surface area contributed by atoms with Gasteiger partial charge in [-0.3, -0.25) is 9.69 Å². The van der Waals surface area contributed by atoms with Gasteiger partial charge in [-0.2, -0.15) is 13.2 Å². The van der Waals surface area contributed by atoms with Crippen LogP contribution in [-0.4, -0.2) is 39.0 Å². The van der Waals surface area contributed by atoms with Gasteiger partial charge < -0.3 is 10.2 Å². The number of nitrogens with zero attached hydrogens (tertiary/aromatic N) is 3. The molecule has 1 aliphatic heterocycles. The number of β-amino-alcohol motifs (C(OH)–C–C–N with tert-alkyl or cyclic N) is 1. The fourth-order valence-electron chi connectivity index (χ4n) is 3.04. The van der Waals surface area contributed by atoms with Gasteiger partial charge >= 0.3 is 6.18 Å². The molecule has 28 heavy (non-hydrogen) atoms. The Morgan fingerprint density at radius 1 is 1.21 bits per heavy atom. The van der Waals surface area contributed by atoms with Crippen LogP contribution in [-0.2, 0) is 11.0 Å². The number of hydrogen-bond donors (Lipinski definition) is 2. The average Bonchev–Trinajstić information content (AvgIpc) is 2.91. The third-order valence-corrected chi connectivity index (χ3v) is 4.31. The maximum Gasteiger partial charge on any atom is 0.416 e. The standard InChI is InChI=1S/C17H14F5N3O3/c1-7-2-8(17(20,21)22)3-11(27)14(7)15-10(16(18)19)5-12(23-24-15)25-6-9(26)4-13(25)28/h2-3,5,9,16,26-27H,4,6H2,1H3/t9-/m0/s1. The second-order valence-electron chi connectivity index (χ2n) is 6.35. The normalized spacial score (nSPS) is 17.6. The Morgan fingerprint density at radius 3 is 2.39 bits per heavy atom. The summed E-state index contributed by atoms with van der Waals surface area (Å²) in [7, 11) is 0. The zero-order chi connectivity index (χ0) is 20.8. The molecule has 2 N–H and O–H groups in total. The number of alkyl halides is 5. The molecule has 1 atom stereocenters. The summed E-state index contributed by atoms with van der Waals surface area (Å²) in [5.74, 6) is -1.61. The highest BCUT2D eigenvalue weighted by atomic mass is 19.4. The molecule has 0 saturated carbocycles. The minimum atomic E-state index is -4.72. The van der Waals surface area contributed by atoms with Crippen molar-refractivity contribution in [3.63, 3.8) is 0 Å². The lowest BCUT2D eigenvalue weighted by Crippen LogP contribution is -2.26. The van der Waals surface area contributed by atoms with Crippen LogP contribution in [0.2, 0.25) is 0 Å². The van der Waals surface area contributed by atoms with Gasteiger partial charge in [0.05, 0.1) is 24.6 Å². The van der Waals surface area contributed by atoms with Crippen molar-refractivity contribution in [1.82, 2.24) is 10.2 Å². The number of benzene rings is 1. The zero-order valence-corrected chi connectivity index (χ0v) is 14.3. The Hall–Kier alpha value is -2.82. The number of aromatic nitrogens is 2. The Bertz CT molecular complexity index is 910. The number of anilines is 1. The van der Waals surface area contributed by atoms with Crippen molar-refractivity contribution in [2.24, 2.45) is 0 Å². The smallest absolute Gasteiger partial charge is 0.416 e. The summed E-state index contributed by atoms with van der Waals surface area (Å²) in [4.78, 5) is 12.8. The van der Waals surface area contributed by atoms with E-state index < -0.39 is 47.2 Å². The van der Waals surface area contributed by atoms with E-state index in [0.29, 0.717) is 12.1 Å². The number of carbonyl (C=O) groups is 1. The molecule has 1 aliphatic rings. The van der Waals surface area contributed by atoms with Crippen molar-refractivity contribution in [2.75, 3.05) is 11.4 Å². The van der Waals surface area contributed by atoms with Crippen molar-refractivity contribution in [3.05, 3.63) is 34.9 Å². The molecule has 0 aliphatic carbocycles. The fourth-order valence-corrected chi connectivity index (χ4v) is 3.04. The number of phenolic OH excluding ortho intramolecular Hbond substituents is 1. The number of aliphatic hydroxyl groups is 1. The van der Waals surface area contributed by atoms with Crippen LogP contribution < -0.4 is 4.90 Å². The number of aliphatic hydroxyl groups excluding tert-OH is 1. The van der Waals surface area contributed by atoms with Crippen LogP contribution in [0, 0.1) is 6.92 Å². The van der Waals surface area contributed by atoms with E-state index in [1.54, 1.807) is 0 Å². The highest BCUT2D eigenvalue weighted by Gasteiger charge is 2.34. The van der Waals surface area contributed by atoms with Crippen molar-refractivity contribution in [3.8, 4) is 17.0 Å². The molecule has 1 aromatic heterocycles. The van der Waals surface area contributed by atoms with Gasteiger partial charge in [0.25, 0.3) is 6.43 Å². The number of aromatic hydroxyl groups is 1. The van der Waals surface area contributed by atoms with Crippen LogP contribution in [0.4, 0.5) is 27.8 Å². The molecule has 0 radical (unpaired) electrons. The van der Waals surface area contributed by atoms with Gasteiger partial charge in [-0.05, 0) is 30.7 Å². The Labute approximate surface area is 155 Å². The largest absolute Gasteiger partial charge is 0.507 e. The van der Waals surface area contributed by atoms with Crippen LogP contribution in [0.5, 0.6) is 5.75 Å². The van der Waals surface area contributed by atoms with Crippen LogP contribution in [0.1, 0.15) is 29.5 Å². The quantitative estimate of drug-likeness (QED) is 0.769. The maximum atomic E-state index is 13.6. The molecule has 2 heterocycles. The van der Waals surface area contributed by atoms with Gasteiger partial charge in [0.1, 0.15) is 11.4 Å². The summed E-state index contributed by atoms with van der Waals surface area (Å²) >= 11 is 0. The number of hydrogen-bond acceptors (Lipinski definition) is 5. The number of halogens is 5. The molecule has 1 fully saturated rings. The number of rotatable bonds is 3. The molecular formula is C17H14F5N3O3. The van der Waals surface area contributed by atoms with Crippen molar-refractivity contribution in [2.45, 2.75) is 32.1 Å². The van der Waals surface area contributed by atoms with E-state index in [2.05, 4.69) is 10.2 Å². The van der Waals surface area contributed by atoms with Gasteiger partial charge in [-0.1, -0.05) is 0 Å². The first-order chi connectivity index (χ1) is 13.0. The van der Waals surface area contributed by atoms with Crippen LogP contribution >= 0.6 is 0 Å². The predicted molar refractivity (Wildman–Crippen MR) is 86.8 cm³/mol. The van der Waals surface area contributed by atoms with Crippen LogP contribution in [0.15, 0.2) is 18.2 Å². The highest BCUT2D eigenvalue weighted by Crippen LogP contribution is 2.41. The molecule has 6 nitrogen and oxygen atoms in total. The zero-order valence-electron chi connectivity index (χ0n) is 14.3. The van der Waals surface area contributed by atoms with Crippen LogP contribution in [0.25, 0.3) is 11.3 Å². The van der Waals surface area contributed by atoms with E-state index in [9.17, 15) is 37.0 Å². The first-order valence-electron chi connectivity index (χ1n) is 8.04. The van der Waals surface area contributed by atoms with E-state index in [-0.39, 0.29) is 29.9 Å². The summed E-state index contributed by atoms with van der Waals surface area (Å²) in [5, 5.41) is 26.9. The number of aryl methyl sites for hydroxylation is 1. The monoisotopic (exact) mass is 403 g/mol. The van der Waals surface area contributed by atoms with Gasteiger partial charge in [-0.25, -0.2) is 8.78 Å². The van der Waals surface area contributed by atoms with Gasteiger partial charge in [0.2, 0.25) is 5.91 Å². The Morgan fingerprint density at radius 2 is 1.89 bits per heavy atom. The number of carbonyl (C=O) groups excluding carboxylic acids is 1. The lowest BCUT2D eigenvalue weighted by molar-refractivity contribution is -0.137. The van der Waals surface area contributed by atoms with E-state index >= 15 is 0 Å². The van der Waals surface area contributed by atoms with E-state index in [0.717, 1.165) is 11.0 Å². The molecule has 1 amide bonds. The van der Waals surface area contributed by atoms with E-state index in [1.807, 2.05) is 0 Å². The molecule has 2 aromatic rings. The molecular weight excluding hydrogens is 389 g/mol. The minimum Gasteiger partial charge on any atom is -0.507 e. The SMILES string of the molecule is Cc1cc(C(F)(F)F)cc(O)c1-c1nnc(N2C[C@@H](O)CC2=O)cc1C(F)F. The average molecular weight is 403 g/mol. The third-order valence-electron chi connectivity index (χ3n) is 4.31. The first kappa shape index (κ1) is 19.9. The first-order valence-corrected chi connectivity index (χ1v) is 8.04. The summed E-state index contributed by atoms with van der Waals surface area (Å²) in [6, 6.07) is 2.01. The lowest BCUT2D eigenvalue weighted by atomic mass is 9.98. The van der Waals surface area contributed by atoms with Crippen molar-refractivity contribution in [1.29, 1.82) is 0 Å². The lowest BCUT2D eigenvalue weighted by Gasteiger charge is -2.18. The highest BCUT2D eigenvalue weighted by molar-refractivity contribution is 5.95. The van der Waals surface area contributed by atoms with Crippen molar-refractivity contribution >= 4 is 11.7 Å². The minimum absolute atomic E-state index is 0.121. The van der Waals surface area contributed by atoms with E-state index in [1.165, 1.54) is 6.92 Å². The summed E-state index contributed by atoms with van der Waals surface area (Å²) < 4.78 is 65.8. The molecule has 0 unspecified atom stereocenters. The van der Waals surface area contributed by atoms with Crippen molar-refractivity contribution < 1.29 is 37.0 Å². The maximum absolute atomic E-state index is 13.6. The van der Waals surface area contributed by atoms with Gasteiger partial charge in [0, 0.05) is 11.1 Å². The fraction of sp³-hybridized carbons (Fsp3) is 0.353. The second kappa shape index (κ2) is 6.97. The predicted octanol–water partition coefficient (Wildman–Crippen LogP) is 3.21. The van der Waals surface area contributed by atoms with Gasteiger partial charge in [0.15, 0.2) is 5.82 Å².